The molecular formula is C17H32N2O3. The van der Waals surface area contributed by atoms with Crippen molar-refractivity contribution in [2.45, 2.75) is 58.7 Å². The van der Waals surface area contributed by atoms with Crippen molar-refractivity contribution >= 4 is 5.91 Å². The Morgan fingerprint density at radius 1 is 1.27 bits per heavy atom. The quantitative estimate of drug-likeness (QED) is 0.836. The predicted octanol–water partition coefficient (Wildman–Crippen LogP) is 1.50. The van der Waals surface area contributed by atoms with Gasteiger partial charge in [-0.1, -0.05) is 20.8 Å². The van der Waals surface area contributed by atoms with Gasteiger partial charge >= 0.3 is 0 Å². The summed E-state index contributed by atoms with van der Waals surface area (Å²) in [6.07, 6.45) is 3.68. The van der Waals surface area contributed by atoms with E-state index in [0.717, 1.165) is 52.0 Å². The molecular weight excluding hydrogens is 280 g/mol. The van der Waals surface area contributed by atoms with Gasteiger partial charge in [-0.15, -0.1) is 0 Å². The Kier molecular flexibility index (Phi) is 6.24. The number of rotatable bonds is 5. The highest BCUT2D eigenvalue weighted by Gasteiger charge is 2.28. The lowest BCUT2D eigenvalue weighted by molar-refractivity contribution is -0.133. The lowest BCUT2D eigenvalue weighted by atomic mass is 9.89. The van der Waals surface area contributed by atoms with Crippen LogP contribution in [-0.4, -0.2) is 72.4 Å². The molecule has 2 fully saturated rings. The maximum atomic E-state index is 12.2. The smallest absolute Gasteiger partial charge is 0.222 e. The SMILES string of the molecule is CC(C)(C)C(O)CN1CCN(C(=O)CCC2CCCO2)CC1. The van der Waals surface area contributed by atoms with Crippen LogP contribution in [0.3, 0.4) is 0 Å². The Morgan fingerprint density at radius 3 is 2.50 bits per heavy atom. The lowest BCUT2D eigenvalue weighted by Crippen LogP contribution is -2.51. The van der Waals surface area contributed by atoms with Crippen LogP contribution in [0.15, 0.2) is 0 Å². The van der Waals surface area contributed by atoms with E-state index < -0.39 is 0 Å². The molecule has 2 aliphatic rings. The monoisotopic (exact) mass is 312 g/mol. The molecule has 2 atom stereocenters. The first-order valence-corrected chi connectivity index (χ1v) is 8.66. The van der Waals surface area contributed by atoms with Crippen molar-refractivity contribution in [3.05, 3.63) is 0 Å². The maximum absolute atomic E-state index is 12.2. The Morgan fingerprint density at radius 2 is 1.95 bits per heavy atom. The summed E-state index contributed by atoms with van der Waals surface area (Å²) in [5, 5.41) is 10.2. The standard InChI is InChI=1S/C17H32N2O3/c1-17(2,3)15(20)13-18-8-10-19(11-9-18)16(21)7-6-14-5-4-12-22-14/h14-15,20H,4-13H2,1-3H3. The molecule has 2 saturated heterocycles. The Hall–Kier alpha value is -0.650. The summed E-state index contributed by atoms with van der Waals surface area (Å²) in [6, 6.07) is 0. The molecule has 128 valence electrons. The molecule has 2 heterocycles. The van der Waals surface area contributed by atoms with Crippen molar-refractivity contribution in [3.8, 4) is 0 Å². The fourth-order valence-corrected chi connectivity index (χ4v) is 3.01. The third-order valence-electron chi connectivity index (χ3n) is 4.86. The van der Waals surface area contributed by atoms with E-state index in [1.54, 1.807) is 0 Å². The Bertz CT molecular complexity index is 353. The number of piperazine rings is 1. The molecule has 2 aliphatic heterocycles. The molecule has 0 saturated carbocycles. The summed E-state index contributed by atoms with van der Waals surface area (Å²) >= 11 is 0. The van der Waals surface area contributed by atoms with E-state index in [2.05, 4.69) is 25.7 Å². The van der Waals surface area contributed by atoms with Gasteiger partial charge in [0.1, 0.15) is 0 Å². The fourth-order valence-electron chi connectivity index (χ4n) is 3.01. The summed E-state index contributed by atoms with van der Waals surface area (Å²) in [5.41, 5.74) is -0.0891. The molecule has 0 bridgehead atoms. The van der Waals surface area contributed by atoms with Gasteiger partial charge in [0, 0.05) is 45.8 Å². The van der Waals surface area contributed by atoms with E-state index in [4.69, 9.17) is 4.74 Å². The molecule has 0 aromatic carbocycles. The first-order valence-electron chi connectivity index (χ1n) is 8.66. The highest BCUT2D eigenvalue weighted by atomic mass is 16.5. The van der Waals surface area contributed by atoms with E-state index in [1.165, 1.54) is 0 Å². The van der Waals surface area contributed by atoms with Crippen molar-refractivity contribution in [2.75, 3.05) is 39.3 Å². The van der Waals surface area contributed by atoms with Crippen LogP contribution in [0.4, 0.5) is 0 Å². The van der Waals surface area contributed by atoms with Gasteiger partial charge < -0.3 is 14.7 Å². The number of β-amino-alcohol motifs (C(OH)–C–C–N with tert-alkyl or cyclic N) is 1. The molecule has 1 amide bonds. The highest BCUT2D eigenvalue weighted by Crippen LogP contribution is 2.21. The van der Waals surface area contributed by atoms with E-state index in [0.29, 0.717) is 19.1 Å². The molecule has 2 unspecified atom stereocenters. The van der Waals surface area contributed by atoms with Gasteiger partial charge in [-0.05, 0) is 24.7 Å². The van der Waals surface area contributed by atoms with Crippen molar-refractivity contribution in [1.29, 1.82) is 0 Å². The second kappa shape index (κ2) is 7.75. The zero-order chi connectivity index (χ0) is 16.2. The number of hydrogen-bond donors (Lipinski definition) is 1. The number of amides is 1. The molecule has 22 heavy (non-hydrogen) atoms. The van der Waals surface area contributed by atoms with Crippen LogP contribution in [0.5, 0.6) is 0 Å². The van der Waals surface area contributed by atoms with Crippen LogP contribution in [0.2, 0.25) is 0 Å². The topological polar surface area (TPSA) is 53.0 Å². The molecule has 5 nitrogen and oxygen atoms in total. The normalized spacial score (nSPS) is 25.5. The molecule has 0 radical (unpaired) electrons. The van der Waals surface area contributed by atoms with Crippen LogP contribution >= 0.6 is 0 Å². The first-order chi connectivity index (χ1) is 10.4. The van der Waals surface area contributed by atoms with Crippen LogP contribution in [0, 0.1) is 5.41 Å². The predicted molar refractivity (Wildman–Crippen MR) is 86.7 cm³/mol. The number of carbonyl (C=O) groups is 1. The zero-order valence-corrected chi connectivity index (χ0v) is 14.4. The highest BCUT2D eigenvalue weighted by molar-refractivity contribution is 5.76. The van der Waals surface area contributed by atoms with Crippen molar-refractivity contribution in [1.82, 2.24) is 9.80 Å². The average molecular weight is 312 g/mol. The van der Waals surface area contributed by atoms with Gasteiger partial charge in [-0.3, -0.25) is 9.69 Å². The maximum Gasteiger partial charge on any atom is 0.222 e. The molecule has 1 N–H and O–H groups in total. The second-order valence-electron chi connectivity index (χ2n) is 7.74. The van der Waals surface area contributed by atoms with Crippen molar-refractivity contribution in [2.24, 2.45) is 5.41 Å². The minimum atomic E-state index is -0.325. The number of aliphatic hydroxyl groups is 1. The Balaban J connectivity index is 1.66. The molecule has 0 aromatic rings. The fraction of sp³-hybridized carbons (Fsp3) is 0.941. The number of nitrogens with zero attached hydrogens (tertiary/aromatic N) is 2. The van der Waals surface area contributed by atoms with Gasteiger partial charge in [-0.2, -0.15) is 0 Å². The number of aliphatic hydroxyl groups excluding tert-OH is 1. The van der Waals surface area contributed by atoms with Gasteiger partial charge in [0.2, 0.25) is 5.91 Å². The number of ether oxygens (including phenoxy) is 1. The number of hydrogen-bond acceptors (Lipinski definition) is 4. The van der Waals surface area contributed by atoms with Crippen LogP contribution in [-0.2, 0) is 9.53 Å². The van der Waals surface area contributed by atoms with E-state index in [9.17, 15) is 9.90 Å². The van der Waals surface area contributed by atoms with Crippen LogP contribution < -0.4 is 0 Å². The third-order valence-corrected chi connectivity index (χ3v) is 4.86. The van der Waals surface area contributed by atoms with E-state index in [1.807, 2.05) is 4.90 Å². The summed E-state index contributed by atoms with van der Waals surface area (Å²) in [6.45, 7) is 11.0. The van der Waals surface area contributed by atoms with Gasteiger partial charge in [-0.25, -0.2) is 0 Å². The summed E-state index contributed by atoms with van der Waals surface area (Å²) in [5.74, 6) is 0.256. The largest absolute Gasteiger partial charge is 0.391 e. The molecule has 0 aliphatic carbocycles. The van der Waals surface area contributed by atoms with Crippen LogP contribution in [0.1, 0.15) is 46.5 Å². The Labute approximate surface area is 134 Å². The number of carbonyl (C=O) groups excluding carboxylic acids is 1. The molecule has 5 heteroatoms. The molecule has 2 rings (SSSR count). The zero-order valence-electron chi connectivity index (χ0n) is 14.4. The van der Waals surface area contributed by atoms with Gasteiger partial charge in [0.25, 0.3) is 0 Å². The van der Waals surface area contributed by atoms with E-state index >= 15 is 0 Å². The third kappa shape index (κ3) is 5.21. The van der Waals surface area contributed by atoms with E-state index in [-0.39, 0.29) is 17.4 Å². The van der Waals surface area contributed by atoms with Gasteiger partial charge in [0.15, 0.2) is 0 Å². The van der Waals surface area contributed by atoms with Crippen molar-refractivity contribution in [3.63, 3.8) is 0 Å². The average Bonchev–Trinajstić information content (AvgIpc) is 2.98. The van der Waals surface area contributed by atoms with Crippen molar-refractivity contribution < 1.29 is 14.6 Å². The first kappa shape index (κ1) is 17.7. The summed E-state index contributed by atoms with van der Waals surface area (Å²) < 4.78 is 5.58. The minimum Gasteiger partial charge on any atom is -0.391 e. The molecule has 0 aromatic heterocycles. The lowest BCUT2D eigenvalue weighted by Gasteiger charge is -2.38. The summed E-state index contributed by atoms with van der Waals surface area (Å²) in [7, 11) is 0. The summed E-state index contributed by atoms with van der Waals surface area (Å²) in [4.78, 5) is 16.5. The van der Waals surface area contributed by atoms with Crippen LogP contribution in [0.25, 0.3) is 0 Å². The van der Waals surface area contributed by atoms with Gasteiger partial charge in [0.05, 0.1) is 12.2 Å². The second-order valence-corrected chi connectivity index (χ2v) is 7.74. The minimum absolute atomic E-state index is 0.0891. The molecule has 0 spiro atoms.